The van der Waals surface area contributed by atoms with Crippen LogP contribution in [-0.2, 0) is 0 Å². The van der Waals surface area contributed by atoms with Crippen LogP contribution in [0.5, 0.6) is 0 Å². The highest BCUT2D eigenvalue weighted by Crippen LogP contribution is 2.32. The van der Waals surface area contributed by atoms with Crippen LogP contribution < -0.4 is 0 Å². The van der Waals surface area contributed by atoms with Crippen molar-refractivity contribution < 1.29 is 4.89 Å². The molecular weight excluding hydrogens is 263 g/mol. The molecule has 0 aliphatic rings. The fourth-order valence-electron chi connectivity index (χ4n) is 2.26. The van der Waals surface area contributed by atoms with Crippen molar-refractivity contribution in [2.24, 2.45) is 0 Å². The van der Waals surface area contributed by atoms with Gasteiger partial charge in [-0.2, -0.15) is 0 Å². The van der Waals surface area contributed by atoms with Gasteiger partial charge in [-0.1, -0.05) is 78.1 Å². The molecule has 1 N–H and O–H groups in total. The molecule has 0 rings (SSSR count). The summed E-state index contributed by atoms with van der Waals surface area (Å²) in [6, 6.07) is 0. The van der Waals surface area contributed by atoms with Crippen LogP contribution in [0.1, 0.15) is 90.9 Å². The summed E-state index contributed by atoms with van der Waals surface area (Å²) in [5, 5.41) is 0. The second-order valence-corrected chi connectivity index (χ2v) is 7.40. The van der Waals surface area contributed by atoms with E-state index in [1.807, 2.05) is 0 Å². The molecule has 0 unspecified atom stereocenters. The highest BCUT2D eigenvalue weighted by molar-refractivity contribution is 7.51. The van der Waals surface area contributed by atoms with Crippen LogP contribution in [-0.4, -0.2) is 17.2 Å². The maximum atomic E-state index is 9.92. The Kier molecular flexibility index (Phi) is 24.0. The van der Waals surface area contributed by atoms with Gasteiger partial charge in [0.25, 0.3) is 0 Å². The molecule has 0 heterocycles. The Balaban J connectivity index is 0. The monoisotopic (exact) mass is 302 g/mol. The minimum absolute atomic E-state index is 0.630. The molecule has 1 nitrogen and oxygen atoms in total. The van der Waals surface area contributed by atoms with Crippen molar-refractivity contribution in [3.63, 3.8) is 0 Å². The van der Waals surface area contributed by atoms with E-state index in [4.69, 9.17) is 0 Å². The van der Waals surface area contributed by atoms with Crippen LogP contribution in [0.15, 0.2) is 13.2 Å². The zero-order chi connectivity index (χ0) is 15.5. The number of unbranched alkanes of at least 4 members (excludes halogenated alkanes) is 10. The molecule has 0 saturated carbocycles. The lowest BCUT2D eigenvalue weighted by molar-refractivity contribution is 0.587. The molecule has 0 aliphatic heterocycles. The third-order valence-electron chi connectivity index (χ3n) is 3.54. The summed E-state index contributed by atoms with van der Waals surface area (Å²) in [6.07, 6.45) is 18.3. The van der Waals surface area contributed by atoms with Crippen molar-refractivity contribution in [1.29, 1.82) is 0 Å². The minimum atomic E-state index is -0.630. The Hall–Kier alpha value is 0.130. The first kappa shape index (κ1) is 22.4. The van der Waals surface area contributed by atoms with Gasteiger partial charge in [0.2, 0.25) is 0 Å². The van der Waals surface area contributed by atoms with E-state index in [2.05, 4.69) is 27.0 Å². The molecule has 20 heavy (non-hydrogen) atoms. The number of hydrogen-bond donors (Lipinski definition) is 1. The average molecular weight is 302 g/mol. The standard InChI is InChI=1S/C16H35OP.C2H4/c1-3-5-7-9-11-13-15-18(17)16-14-12-10-8-6-4-2;1-2/h17H,3-16H2,1-2H3;1-2H2. The van der Waals surface area contributed by atoms with Gasteiger partial charge in [-0.3, -0.25) is 0 Å². The highest BCUT2D eigenvalue weighted by Gasteiger charge is 2.03. The van der Waals surface area contributed by atoms with Gasteiger partial charge in [-0.25, -0.2) is 0 Å². The Morgan fingerprint density at radius 1 is 0.600 bits per heavy atom. The van der Waals surface area contributed by atoms with E-state index < -0.39 is 8.15 Å². The number of hydrogen-bond acceptors (Lipinski definition) is 1. The minimum Gasteiger partial charge on any atom is -0.374 e. The summed E-state index contributed by atoms with van der Waals surface area (Å²) in [5.41, 5.74) is 0. The molecule has 0 bridgehead atoms. The Labute approximate surface area is 130 Å². The Morgan fingerprint density at radius 3 is 1.25 bits per heavy atom. The van der Waals surface area contributed by atoms with Crippen LogP contribution in [0.4, 0.5) is 0 Å². The predicted molar refractivity (Wildman–Crippen MR) is 96.9 cm³/mol. The SMILES string of the molecule is C=C.CCCCCCCCP(O)CCCCCCCC. The number of rotatable bonds is 14. The molecule has 0 saturated heterocycles. The Morgan fingerprint density at radius 2 is 0.900 bits per heavy atom. The molecule has 0 aromatic carbocycles. The van der Waals surface area contributed by atoms with Gasteiger partial charge >= 0.3 is 0 Å². The third kappa shape index (κ3) is 20.4. The van der Waals surface area contributed by atoms with Crippen LogP contribution in [0, 0.1) is 0 Å². The van der Waals surface area contributed by atoms with Crippen molar-refractivity contribution in [3.8, 4) is 0 Å². The Bertz CT molecular complexity index is 145. The lowest BCUT2D eigenvalue weighted by Crippen LogP contribution is -1.91. The molecule has 122 valence electrons. The lowest BCUT2D eigenvalue weighted by Gasteiger charge is -2.10. The molecule has 0 atom stereocenters. The van der Waals surface area contributed by atoms with Crippen LogP contribution in [0.25, 0.3) is 0 Å². The van der Waals surface area contributed by atoms with Gasteiger partial charge in [0.1, 0.15) is 0 Å². The topological polar surface area (TPSA) is 20.2 Å². The fraction of sp³-hybridized carbons (Fsp3) is 0.889. The highest BCUT2D eigenvalue weighted by atomic mass is 31.1. The average Bonchev–Trinajstić information content (AvgIpc) is 2.48. The quantitative estimate of drug-likeness (QED) is 0.210. The third-order valence-corrected chi connectivity index (χ3v) is 5.20. The van der Waals surface area contributed by atoms with Gasteiger partial charge in [0, 0.05) is 8.15 Å². The van der Waals surface area contributed by atoms with E-state index in [0.717, 1.165) is 12.3 Å². The van der Waals surface area contributed by atoms with Crippen molar-refractivity contribution in [1.82, 2.24) is 0 Å². The van der Waals surface area contributed by atoms with E-state index in [9.17, 15) is 4.89 Å². The molecule has 0 amide bonds. The molecule has 0 aromatic rings. The predicted octanol–water partition coefficient (Wildman–Crippen LogP) is 6.90. The molecule has 0 aromatic heterocycles. The van der Waals surface area contributed by atoms with Crippen molar-refractivity contribution in [2.75, 3.05) is 12.3 Å². The summed E-state index contributed by atoms with van der Waals surface area (Å²) in [7, 11) is -0.630. The molecule has 0 spiro atoms. The maximum Gasteiger partial charge on any atom is 0.0251 e. The van der Waals surface area contributed by atoms with E-state index >= 15 is 0 Å². The lowest BCUT2D eigenvalue weighted by atomic mass is 10.1. The molecular formula is C18H39OP. The first-order valence-corrected chi connectivity index (χ1v) is 10.4. The van der Waals surface area contributed by atoms with E-state index in [0.29, 0.717) is 0 Å². The zero-order valence-electron chi connectivity index (χ0n) is 14.2. The summed E-state index contributed by atoms with van der Waals surface area (Å²) in [5.74, 6) is 0. The summed E-state index contributed by atoms with van der Waals surface area (Å²) in [4.78, 5) is 9.92. The smallest absolute Gasteiger partial charge is 0.0251 e. The van der Waals surface area contributed by atoms with Crippen molar-refractivity contribution in [3.05, 3.63) is 13.2 Å². The summed E-state index contributed by atoms with van der Waals surface area (Å²) < 4.78 is 0. The largest absolute Gasteiger partial charge is 0.374 e. The van der Waals surface area contributed by atoms with E-state index in [1.54, 1.807) is 0 Å². The van der Waals surface area contributed by atoms with Crippen molar-refractivity contribution >= 4 is 8.15 Å². The molecule has 0 aliphatic carbocycles. The van der Waals surface area contributed by atoms with E-state index in [1.165, 1.54) is 77.0 Å². The normalized spacial score (nSPS) is 10.4. The van der Waals surface area contributed by atoms with Crippen molar-refractivity contribution in [2.45, 2.75) is 90.9 Å². The van der Waals surface area contributed by atoms with Gasteiger partial charge in [0.05, 0.1) is 0 Å². The van der Waals surface area contributed by atoms with Gasteiger partial charge in [0.15, 0.2) is 0 Å². The summed E-state index contributed by atoms with van der Waals surface area (Å²) in [6.45, 7) is 10.5. The van der Waals surface area contributed by atoms with Crippen LogP contribution in [0.3, 0.4) is 0 Å². The second-order valence-electron chi connectivity index (χ2n) is 5.49. The van der Waals surface area contributed by atoms with E-state index in [-0.39, 0.29) is 0 Å². The first-order valence-electron chi connectivity index (χ1n) is 8.75. The van der Waals surface area contributed by atoms with Gasteiger partial charge in [-0.05, 0) is 25.2 Å². The second kappa shape index (κ2) is 21.4. The van der Waals surface area contributed by atoms with Gasteiger partial charge in [-0.15, -0.1) is 13.2 Å². The maximum absolute atomic E-state index is 9.92. The zero-order valence-corrected chi connectivity index (χ0v) is 15.1. The summed E-state index contributed by atoms with van der Waals surface area (Å²) >= 11 is 0. The van der Waals surface area contributed by atoms with Crippen LogP contribution >= 0.6 is 8.15 Å². The molecule has 0 radical (unpaired) electrons. The fourth-order valence-corrected chi connectivity index (χ4v) is 3.66. The van der Waals surface area contributed by atoms with Gasteiger partial charge < -0.3 is 4.89 Å². The molecule has 0 fully saturated rings. The molecule has 2 heteroatoms. The van der Waals surface area contributed by atoms with Crippen LogP contribution in [0.2, 0.25) is 0 Å². The first-order chi connectivity index (χ1) is 9.81.